The van der Waals surface area contributed by atoms with E-state index >= 15 is 0 Å². The number of nitrogens with zero attached hydrogens (tertiary/aromatic N) is 3. The molecule has 1 amide bonds. The number of amides is 1. The number of nitrogens with one attached hydrogen (secondary N) is 1. The molecule has 2 aromatic rings. The van der Waals surface area contributed by atoms with Crippen LogP contribution in [0, 0.1) is 0 Å². The van der Waals surface area contributed by atoms with Crippen LogP contribution in [0.5, 0.6) is 0 Å². The van der Waals surface area contributed by atoms with Gasteiger partial charge in [0.15, 0.2) is 0 Å². The van der Waals surface area contributed by atoms with Crippen molar-refractivity contribution in [3.63, 3.8) is 0 Å². The van der Waals surface area contributed by atoms with Gasteiger partial charge in [0.2, 0.25) is 5.91 Å². The second kappa shape index (κ2) is 5.22. The van der Waals surface area contributed by atoms with Crippen LogP contribution in [-0.4, -0.2) is 20.9 Å². The van der Waals surface area contributed by atoms with Gasteiger partial charge in [-0.05, 0) is 17.7 Å². The van der Waals surface area contributed by atoms with E-state index in [9.17, 15) is 4.79 Å². The molecule has 0 aliphatic carbocycles. The fourth-order valence-electron chi connectivity index (χ4n) is 1.44. The van der Waals surface area contributed by atoms with Gasteiger partial charge in [0.05, 0.1) is 6.20 Å². The molecule has 1 aromatic carbocycles. The van der Waals surface area contributed by atoms with Gasteiger partial charge in [0, 0.05) is 18.4 Å². The summed E-state index contributed by atoms with van der Waals surface area (Å²) >= 11 is 0. The van der Waals surface area contributed by atoms with Crippen LogP contribution in [0.15, 0.2) is 36.7 Å². The summed E-state index contributed by atoms with van der Waals surface area (Å²) in [6.45, 7) is 0.597. The predicted molar refractivity (Wildman–Crippen MR) is 63.0 cm³/mol. The highest BCUT2D eigenvalue weighted by atomic mass is 16.2. The van der Waals surface area contributed by atoms with Crippen LogP contribution < -0.4 is 11.1 Å². The second-order valence-electron chi connectivity index (χ2n) is 3.55. The summed E-state index contributed by atoms with van der Waals surface area (Å²) in [5.74, 6) is -0.148. The van der Waals surface area contributed by atoms with Crippen molar-refractivity contribution in [2.75, 3.05) is 5.32 Å². The molecule has 6 heteroatoms. The molecule has 0 atom stereocenters. The maximum absolute atomic E-state index is 11.6. The van der Waals surface area contributed by atoms with E-state index in [1.165, 1.54) is 10.9 Å². The van der Waals surface area contributed by atoms with E-state index in [4.69, 9.17) is 5.73 Å². The molecule has 0 radical (unpaired) electrons. The van der Waals surface area contributed by atoms with Crippen molar-refractivity contribution in [2.24, 2.45) is 5.73 Å². The van der Waals surface area contributed by atoms with Gasteiger partial charge in [-0.3, -0.25) is 4.79 Å². The van der Waals surface area contributed by atoms with Crippen LogP contribution in [0.2, 0.25) is 0 Å². The lowest BCUT2D eigenvalue weighted by atomic mass is 10.2. The van der Waals surface area contributed by atoms with Gasteiger partial charge < -0.3 is 11.1 Å². The SMILES string of the molecule is NCc1cccc(NC(=O)Cn2ccnn2)c1. The first kappa shape index (κ1) is 11.3. The Morgan fingerprint density at radius 3 is 3.06 bits per heavy atom. The predicted octanol–water partition coefficient (Wildman–Crippen LogP) is 0.375. The summed E-state index contributed by atoms with van der Waals surface area (Å²) in [5, 5.41) is 10.1. The third-order valence-corrected chi connectivity index (χ3v) is 2.22. The first-order valence-corrected chi connectivity index (χ1v) is 5.21. The lowest BCUT2D eigenvalue weighted by Gasteiger charge is -2.06. The molecule has 0 unspecified atom stereocenters. The van der Waals surface area contributed by atoms with Gasteiger partial charge in [-0.2, -0.15) is 0 Å². The lowest BCUT2D eigenvalue weighted by Crippen LogP contribution is -2.19. The van der Waals surface area contributed by atoms with Crippen LogP contribution in [0.25, 0.3) is 0 Å². The van der Waals surface area contributed by atoms with Gasteiger partial charge >= 0.3 is 0 Å². The van der Waals surface area contributed by atoms with E-state index in [1.54, 1.807) is 6.20 Å². The molecular weight excluding hydrogens is 218 g/mol. The molecule has 17 heavy (non-hydrogen) atoms. The van der Waals surface area contributed by atoms with E-state index in [2.05, 4.69) is 15.6 Å². The fraction of sp³-hybridized carbons (Fsp3) is 0.182. The largest absolute Gasteiger partial charge is 0.326 e. The van der Waals surface area contributed by atoms with Crippen molar-refractivity contribution in [3.05, 3.63) is 42.2 Å². The zero-order valence-electron chi connectivity index (χ0n) is 9.21. The third-order valence-electron chi connectivity index (χ3n) is 2.22. The van der Waals surface area contributed by atoms with Gasteiger partial charge in [-0.15, -0.1) is 5.10 Å². The van der Waals surface area contributed by atoms with E-state index in [0.29, 0.717) is 6.54 Å². The molecule has 0 bridgehead atoms. The Morgan fingerprint density at radius 1 is 1.47 bits per heavy atom. The summed E-state index contributed by atoms with van der Waals surface area (Å²) < 4.78 is 1.46. The van der Waals surface area contributed by atoms with Crippen LogP contribution in [-0.2, 0) is 17.9 Å². The number of hydrogen-bond acceptors (Lipinski definition) is 4. The smallest absolute Gasteiger partial charge is 0.246 e. The molecule has 2 rings (SSSR count). The maximum Gasteiger partial charge on any atom is 0.246 e. The zero-order chi connectivity index (χ0) is 12.1. The summed E-state index contributed by atoms with van der Waals surface area (Å²) in [4.78, 5) is 11.6. The number of carbonyl (C=O) groups is 1. The standard InChI is InChI=1S/C11H13N5O/c12-7-9-2-1-3-10(6-9)14-11(17)8-16-5-4-13-15-16/h1-6H,7-8,12H2,(H,14,17). The number of rotatable bonds is 4. The van der Waals surface area contributed by atoms with Crippen LogP contribution in [0.3, 0.4) is 0 Å². The lowest BCUT2D eigenvalue weighted by molar-refractivity contribution is -0.116. The normalized spacial score (nSPS) is 10.2. The minimum atomic E-state index is -0.148. The van der Waals surface area contributed by atoms with Crippen molar-refractivity contribution in [2.45, 2.75) is 13.1 Å². The fourth-order valence-corrected chi connectivity index (χ4v) is 1.44. The monoisotopic (exact) mass is 231 g/mol. The molecule has 0 saturated carbocycles. The number of benzene rings is 1. The van der Waals surface area contributed by atoms with Gasteiger partial charge in [-0.25, -0.2) is 4.68 Å². The quantitative estimate of drug-likeness (QED) is 0.796. The third kappa shape index (κ3) is 3.12. The van der Waals surface area contributed by atoms with Crippen molar-refractivity contribution in [1.29, 1.82) is 0 Å². The summed E-state index contributed by atoms with van der Waals surface area (Å²) in [7, 11) is 0. The minimum absolute atomic E-state index is 0.146. The van der Waals surface area contributed by atoms with E-state index in [1.807, 2.05) is 24.3 Å². The number of anilines is 1. The minimum Gasteiger partial charge on any atom is -0.326 e. The van der Waals surface area contributed by atoms with Crippen molar-refractivity contribution in [1.82, 2.24) is 15.0 Å². The Balaban J connectivity index is 1.98. The molecule has 0 fully saturated rings. The molecule has 0 aliphatic rings. The van der Waals surface area contributed by atoms with E-state index < -0.39 is 0 Å². The molecule has 0 saturated heterocycles. The van der Waals surface area contributed by atoms with Crippen molar-refractivity contribution >= 4 is 11.6 Å². The van der Waals surface area contributed by atoms with Crippen molar-refractivity contribution in [3.8, 4) is 0 Å². The summed E-state index contributed by atoms with van der Waals surface area (Å²) in [6.07, 6.45) is 3.16. The number of carbonyl (C=O) groups excluding carboxylic acids is 1. The van der Waals surface area contributed by atoms with E-state index in [-0.39, 0.29) is 12.5 Å². The highest BCUT2D eigenvalue weighted by Crippen LogP contribution is 2.09. The average Bonchev–Trinajstić information content (AvgIpc) is 2.82. The van der Waals surface area contributed by atoms with Crippen molar-refractivity contribution < 1.29 is 4.79 Å². The molecule has 0 aliphatic heterocycles. The number of aromatic nitrogens is 3. The average molecular weight is 231 g/mol. The Labute approximate surface area is 98.4 Å². The molecule has 3 N–H and O–H groups in total. The second-order valence-corrected chi connectivity index (χ2v) is 3.55. The molecule has 0 spiro atoms. The van der Waals surface area contributed by atoms with Crippen LogP contribution in [0.1, 0.15) is 5.56 Å². The van der Waals surface area contributed by atoms with Crippen LogP contribution in [0.4, 0.5) is 5.69 Å². The number of hydrogen-bond donors (Lipinski definition) is 2. The van der Waals surface area contributed by atoms with Gasteiger partial charge in [0.25, 0.3) is 0 Å². The summed E-state index contributed by atoms with van der Waals surface area (Å²) in [5.41, 5.74) is 7.23. The van der Waals surface area contributed by atoms with E-state index in [0.717, 1.165) is 11.3 Å². The Hall–Kier alpha value is -2.21. The molecule has 6 nitrogen and oxygen atoms in total. The first-order chi connectivity index (χ1) is 8.28. The number of nitrogens with two attached hydrogens (primary N) is 1. The first-order valence-electron chi connectivity index (χ1n) is 5.21. The van der Waals surface area contributed by atoms with Gasteiger partial charge in [0.1, 0.15) is 6.54 Å². The molecule has 88 valence electrons. The highest BCUT2D eigenvalue weighted by molar-refractivity contribution is 5.90. The van der Waals surface area contributed by atoms with Gasteiger partial charge in [-0.1, -0.05) is 17.3 Å². The Bertz CT molecular complexity index is 494. The maximum atomic E-state index is 11.6. The zero-order valence-corrected chi connectivity index (χ0v) is 9.21. The Morgan fingerprint density at radius 2 is 2.35 bits per heavy atom. The Kier molecular flexibility index (Phi) is 3.46. The van der Waals surface area contributed by atoms with Crippen LogP contribution >= 0.6 is 0 Å². The molecule has 1 heterocycles. The highest BCUT2D eigenvalue weighted by Gasteiger charge is 2.04. The molecular formula is C11H13N5O. The summed E-state index contributed by atoms with van der Waals surface area (Å²) in [6, 6.07) is 7.43. The molecule has 1 aromatic heterocycles. The topological polar surface area (TPSA) is 85.8 Å².